The van der Waals surface area contributed by atoms with Gasteiger partial charge in [-0.05, 0) is 94.3 Å². The molecule has 1 saturated carbocycles. The molecule has 2 heterocycles. The highest BCUT2D eigenvalue weighted by molar-refractivity contribution is 5.78. The fourth-order valence-corrected chi connectivity index (χ4v) is 5.86. The van der Waals surface area contributed by atoms with Crippen molar-refractivity contribution in [2.75, 3.05) is 19.8 Å². The van der Waals surface area contributed by atoms with E-state index < -0.39 is 5.60 Å². The summed E-state index contributed by atoms with van der Waals surface area (Å²) in [5.74, 6) is 1.15. The molecule has 2 aromatic carbocycles. The zero-order chi connectivity index (χ0) is 30.2. The van der Waals surface area contributed by atoms with E-state index in [0.29, 0.717) is 58.2 Å². The monoisotopic (exact) mass is 578 g/mol. The molecule has 0 radical (unpaired) electrons. The first-order valence-electron chi connectivity index (χ1n) is 14.5. The van der Waals surface area contributed by atoms with Gasteiger partial charge in [0.2, 0.25) is 5.91 Å². The van der Waals surface area contributed by atoms with Crippen molar-refractivity contribution in [1.82, 2.24) is 9.47 Å². The van der Waals surface area contributed by atoms with Gasteiger partial charge in [0.15, 0.2) is 0 Å². The number of morpholine rings is 1. The van der Waals surface area contributed by atoms with Gasteiger partial charge in [-0.25, -0.2) is 4.39 Å². The Bertz CT molecular complexity index is 1510. The molecule has 2 fully saturated rings. The summed E-state index contributed by atoms with van der Waals surface area (Å²) in [7, 11) is 1.68. The van der Waals surface area contributed by atoms with Gasteiger partial charge in [0, 0.05) is 43.0 Å². The van der Waals surface area contributed by atoms with Crippen LogP contribution < -0.4 is 15.0 Å². The molecular weight excluding hydrogens is 539 g/mol. The van der Waals surface area contributed by atoms with Crippen molar-refractivity contribution in [2.45, 2.75) is 71.1 Å². The van der Waals surface area contributed by atoms with Gasteiger partial charge in [-0.3, -0.25) is 9.59 Å². The molecule has 0 unspecified atom stereocenters. The van der Waals surface area contributed by atoms with Gasteiger partial charge in [-0.1, -0.05) is 6.07 Å². The first-order valence-corrected chi connectivity index (χ1v) is 14.5. The number of ether oxygens (including phenoxy) is 3. The molecule has 0 spiro atoms. The van der Waals surface area contributed by atoms with Gasteiger partial charge in [0.05, 0.1) is 18.3 Å². The molecule has 1 N–H and O–H groups in total. The molecule has 42 heavy (non-hydrogen) atoms. The summed E-state index contributed by atoms with van der Waals surface area (Å²) in [5.41, 5.74) is 1.89. The van der Waals surface area contributed by atoms with Crippen molar-refractivity contribution < 1.29 is 28.5 Å². The van der Waals surface area contributed by atoms with Gasteiger partial charge < -0.3 is 28.8 Å². The molecule has 224 valence electrons. The average Bonchev–Trinajstić information content (AvgIpc) is 2.93. The molecular formula is C33H39FN2O6. The van der Waals surface area contributed by atoms with Gasteiger partial charge in [0.1, 0.15) is 29.7 Å². The predicted octanol–water partition coefficient (Wildman–Crippen LogP) is 5.38. The number of amides is 1. The first kappa shape index (κ1) is 29.8. The Kier molecular flexibility index (Phi) is 8.44. The van der Waals surface area contributed by atoms with Gasteiger partial charge in [-0.15, -0.1) is 0 Å². The van der Waals surface area contributed by atoms with Gasteiger partial charge in [-0.2, -0.15) is 0 Å². The Morgan fingerprint density at radius 1 is 0.976 bits per heavy atom. The van der Waals surface area contributed by atoms with E-state index in [9.17, 15) is 19.1 Å². The van der Waals surface area contributed by atoms with Crippen molar-refractivity contribution in [3.63, 3.8) is 0 Å². The van der Waals surface area contributed by atoms with E-state index in [4.69, 9.17) is 14.2 Å². The molecule has 1 saturated heterocycles. The maximum Gasteiger partial charge on any atom is 0.254 e. The number of nitrogens with zero attached hydrogens (tertiary/aromatic N) is 2. The summed E-state index contributed by atoms with van der Waals surface area (Å²) < 4.78 is 33.7. The number of aliphatic hydroxyl groups is 1. The first-order chi connectivity index (χ1) is 19.9. The minimum absolute atomic E-state index is 0.0327. The number of aryl methyl sites for hydroxylation is 3. The molecule has 5 rings (SSSR count). The Morgan fingerprint density at radius 3 is 2.31 bits per heavy atom. The highest BCUT2D eigenvalue weighted by Gasteiger charge is 2.32. The molecule has 1 aliphatic carbocycles. The van der Waals surface area contributed by atoms with E-state index in [1.54, 1.807) is 53.1 Å². The molecule has 1 aliphatic heterocycles. The summed E-state index contributed by atoms with van der Waals surface area (Å²) in [6.45, 7) is 8.30. The molecule has 1 aromatic heterocycles. The minimum Gasteiger partial charge on any atom is -0.490 e. The number of rotatable bonds is 7. The van der Waals surface area contributed by atoms with Crippen molar-refractivity contribution in [3.8, 4) is 28.4 Å². The normalized spacial score (nSPS) is 19.6. The van der Waals surface area contributed by atoms with Crippen LogP contribution in [0, 0.1) is 19.7 Å². The van der Waals surface area contributed by atoms with Crippen LogP contribution in [-0.2, 0) is 22.2 Å². The standard InChI is InChI=1S/C33H39FN2O6/c1-20-14-23(34)15-21(2)32(20)42-28-11-6-22(33(3,4)39)16-26(28)27-18-35(5)30(37)17-29(27)41-25-9-7-24(8-10-25)36-12-13-40-19-31(36)38/h6,11,14-18,24-25,39H,7-10,12-13,19H2,1-5H3/t24-,25-. The summed E-state index contributed by atoms with van der Waals surface area (Å²) >= 11 is 0. The number of carbonyl (C=O) groups is 1. The van der Waals surface area contributed by atoms with Crippen LogP contribution in [0.15, 0.2) is 47.4 Å². The molecule has 1 amide bonds. The Hall–Kier alpha value is -3.69. The van der Waals surface area contributed by atoms with Crippen LogP contribution in [-0.4, -0.2) is 52.4 Å². The van der Waals surface area contributed by atoms with Crippen LogP contribution in [0.4, 0.5) is 4.39 Å². The summed E-state index contributed by atoms with van der Waals surface area (Å²) in [5, 5.41) is 10.8. The van der Waals surface area contributed by atoms with Gasteiger partial charge in [0.25, 0.3) is 5.56 Å². The zero-order valence-corrected chi connectivity index (χ0v) is 24.9. The number of hydrogen-bond donors (Lipinski definition) is 1. The maximum atomic E-state index is 14.0. The number of carbonyl (C=O) groups excluding carboxylic acids is 1. The predicted molar refractivity (Wildman–Crippen MR) is 158 cm³/mol. The zero-order valence-electron chi connectivity index (χ0n) is 24.9. The van der Waals surface area contributed by atoms with Crippen LogP contribution in [0.5, 0.6) is 17.2 Å². The van der Waals surface area contributed by atoms with E-state index >= 15 is 0 Å². The third-order valence-electron chi connectivity index (χ3n) is 8.20. The van der Waals surface area contributed by atoms with E-state index in [1.807, 2.05) is 11.0 Å². The quantitative estimate of drug-likeness (QED) is 0.405. The average molecular weight is 579 g/mol. The Labute approximate surface area is 245 Å². The second kappa shape index (κ2) is 11.9. The highest BCUT2D eigenvalue weighted by Crippen LogP contribution is 2.42. The Morgan fingerprint density at radius 2 is 1.67 bits per heavy atom. The lowest BCUT2D eigenvalue weighted by atomic mass is 9.91. The fraction of sp³-hybridized carbons (Fsp3) is 0.455. The SMILES string of the molecule is Cc1cc(F)cc(C)c1Oc1ccc(C(C)(C)O)cc1-c1cn(C)c(=O)cc1O[C@H]1CC[C@H](N2CCOCC2=O)CC1. The lowest BCUT2D eigenvalue weighted by Gasteiger charge is -2.38. The summed E-state index contributed by atoms with van der Waals surface area (Å²) in [6, 6.07) is 9.92. The van der Waals surface area contributed by atoms with Crippen molar-refractivity contribution in [1.29, 1.82) is 0 Å². The van der Waals surface area contributed by atoms with E-state index in [0.717, 1.165) is 25.7 Å². The second-order valence-electron chi connectivity index (χ2n) is 11.9. The van der Waals surface area contributed by atoms with Crippen molar-refractivity contribution in [3.05, 3.63) is 75.5 Å². The van der Waals surface area contributed by atoms with E-state index in [1.165, 1.54) is 22.8 Å². The molecule has 9 heteroatoms. The fourth-order valence-electron chi connectivity index (χ4n) is 5.86. The lowest BCUT2D eigenvalue weighted by Crippen LogP contribution is -2.49. The van der Waals surface area contributed by atoms with Crippen molar-refractivity contribution >= 4 is 5.91 Å². The molecule has 0 atom stereocenters. The second-order valence-corrected chi connectivity index (χ2v) is 11.9. The minimum atomic E-state index is -1.13. The van der Waals surface area contributed by atoms with Crippen LogP contribution in [0.25, 0.3) is 11.1 Å². The molecule has 3 aromatic rings. The number of pyridine rings is 1. The van der Waals surface area contributed by atoms with Crippen LogP contribution in [0.1, 0.15) is 56.2 Å². The third-order valence-corrected chi connectivity index (χ3v) is 8.20. The van der Waals surface area contributed by atoms with E-state index in [2.05, 4.69) is 0 Å². The number of hydrogen-bond acceptors (Lipinski definition) is 6. The maximum absolute atomic E-state index is 14.0. The summed E-state index contributed by atoms with van der Waals surface area (Å²) in [4.78, 5) is 27.1. The molecule has 2 aliphatic rings. The van der Waals surface area contributed by atoms with Crippen LogP contribution >= 0.6 is 0 Å². The smallest absolute Gasteiger partial charge is 0.254 e. The Balaban J connectivity index is 1.49. The number of benzene rings is 2. The largest absolute Gasteiger partial charge is 0.490 e. The van der Waals surface area contributed by atoms with Gasteiger partial charge >= 0.3 is 0 Å². The lowest BCUT2D eigenvalue weighted by molar-refractivity contribution is -0.146. The topological polar surface area (TPSA) is 90.2 Å². The molecule has 8 nitrogen and oxygen atoms in total. The van der Waals surface area contributed by atoms with E-state index in [-0.39, 0.29) is 36.0 Å². The van der Waals surface area contributed by atoms with Crippen molar-refractivity contribution in [2.24, 2.45) is 7.05 Å². The van der Waals surface area contributed by atoms with Crippen LogP contribution in [0.2, 0.25) is 0 Å². The number of aromatic nitrogens is 1. The van der Waals surface area contributed by atoms with Crippen LogP contribution in [0.3, 0.4) is 0 Å². The number of halogens is 1. The third kappa shape index (κ3) is 6.37. The summed E-state index contributed by atoms with van der Waals surface area (Å²) in [6.07, 6.45) is 4.68. The highest BCUT2D eigenvalue weighted by atomic mass is 19.1. The molecule has 0 bridgehead atoms.